The summed E-state index contributed by atoms with van der Waals surface area (Å²) in [5.41, 5.74) is 6.67. The van der Waals surface area contributed by atoms with Crippen LogP contribution in [-0.4, -0.2) is 36.0 Å². The number of hydrogen-bond donors (Lipinski definition) is 3. The van der Waals surface area contributed by atoms with Gasteiger partial charge in [0.1, 0.15) is 0 Å². The smallest absolute Gasteiger partial charge is 0.321 e. The van der Waals surface area contributed by atoms with Crippen LogP contribution in [0.15, 0.2) is 24.3 Å². The van der Waals surface area contributed by atoms with E-state index in [-0.39, 0.29) is 24.3 Å². The molecule has 2 rings (SSSR count). The topological polar surface area (TPSA) is 87.5 Å². The van der Waals surface area contributed by atoms with Gasteiger partial charge in [0, 0.05) is 13.1 Å². The van der Waals surface area contributed by atoms with Crippen LogP contribution in [0.2, 0.25) is 0 Å². The normalized spacial score (nSPS) is 15.0. The molecule has 7 heteroatoms. The van der Waals surface area contributed by atoms with Crippen molar-refractivity contribution < 1.29 is 9.59 Å². The molecular formula is C14H21ClN4O2. The van der Waals surface area contributed by atoms with E-state index in [1.165, 1.54) is 0 Å². The first-order valence-electron chi connectivity index (χ1n) is 6.79. The number of carbonyl (C=O) groups excluding carboxylic acids is 2. The summed E-state index contributed by atoms with van der Waals surface area (Å²) in [5, 5.41) is 5.54. The standard InChI is InChI=1S/C14H20N4O2.ClH/c1-10(15)13(19)16-11-6-2-3-7-12(11)17-14(20)18-8-4-5-9-18;/h2-3,6-7,10H,4-5,8-9,15H2,1H3,(H,16,19)(H,17,20);1H/t10-;/m0./s1. The monoisotopic (exact) mass is 312 g/mol. The summed E-state index contributed by atoms with van der Waals surface area (Å²) in [6, 6.07) is 6.36. The number of rotatable bonds is 3. The summed E-state index contributed by atoms with van der Waals surface area (Å²) in [4.78, 5) is 25.5. The minimum atomic E-state index is -0.600. The van der Waals surface area contributed by atoms with Crippen molar-refractivity contribution in [3.8, 4) is 0 Å². The Labute approximate surface area is 130 Å². The molecule has 0 aliphatic carbocycles. The molecule has 1 aromatic rings. The summed E-state index contributed by atoms with van der Waals surface area (Å²) in [7, 11) is 0. The number of hydrogen-bond acceptors (Lipinski definition) is 3. The van der Waals surface area contributed by atoms with Gasteiger partial charge in [-0.3, -0.25) is 4.79 Å². The summed E-state index contributed by atoms with van der Waals surface area (Å²) < 4.78 is 0. The number of benzene rings is 1. The van der Waals surface area contributed by atoms with E-state index >= 15 is 0 Å². The Morgan fingerprint density at radius 3 is 2.19 bits per heavy atom. The molecule has 1 aromatic carbocycles. The van der Waals surface area contributed by atoms with Crippen LogP contribution < -0.4 is 16.4 Å². The van der Waals surface area contributed by atoms with Gasteiger partial charge in [-0.2, -0.15) is 0 Å². The highest BCUT2D eigenvalue weighted by atomic mass is 35.5. The molecule has 0 unspecified atom stereocenters. The molecule has 116 valence electrons. The van der Waals surface area contributed by atoms with Gasteiger partial charge in [0.2, 0.25) is 5.91 Å². The Morgan fingerprint density at radius 1 is 1.14 bits per heavy atom. The first kappa shape index (κ1) is 17.3. The molecule has 1 saturated heterocycles. The highest BCUT2D eigenvalue weighted by Crippen LogP contribution is 2.22. The molecule has 4 N–H and O–H groups in total. The van der Waals surface area contributed by atoms with Gasteiger partial charge in [-0.05, 0) is 31.9 Å². The molecule has 1 aliphatic rings. The quantitative estimate of drug-likeness (QED) is 0.798. The molecule has 0 radical (unpaired) electrons. The summed E-state index contributed by atoms with van der Waals surface area (Å²) in [5.74, 6) is -0.284. The van der Waals surface area contributed by atoms with Crippen molar-refractivity contribution in [2.45, 2.75) is 25.8 Å². The highest BCUT2D eigenvalue weighted by molar-refractivity contribution is 6.00. The lowest BCUT2D eigenvalue weighted by Crippen LogP contribution is -2.34. The second-order valence-corrected chi connectivity index (χ2v) is 4.95. The highest BCUT2D eigenvalue weighted by Gasteiger charge is 2.19. The van der Waals surface area contributed by atoms with Crippen LogP contribution in [0.1, 0.15) is 19.8 Å². The van der Waals surface area contributed by atoms with E-state index in [0.29, 0.717) is 11.4 Å². The van der Waals surface area contributed by atoms with E-state index in [9.17, 15) is 9.59 Å². The zero-order valence-corrected chi connectivity index (χ0v) is 12.8. The largest absolute Gasteiger partial charge is 0.325 e. The van der Waals surface area contributed by atoms with Crippen LogP contribution in [0.4, 0.5) is 16.2 Å². The molecule has 21 heavy (non-hydrogen) atoms. The lowest BCUT2D eigenvalue weighted by Gasteiger charge is -2.18. The first-order valence-corrected chi connectivity index (χ1v) is 6.79. The second-order valence-electron chi connectivity index (χ2n) is 4.95. The number of urea groups is 1. The Morgan fingerprint density at radius 2 is 1.67 bits per heavy atom. The fraction of sp³-hybridized carbons (Fsp3) is 0.429. The van der Waals surface area contributed by atoms with Gasteiger partial charge < -0.3 is 21.3 Å². The fourth-order valence-electron chi connectivity index (χ4n) is 2.06. The molecule has 1 aliphatic heterocycles. The Kier molecular flexibility index (Phi) is 6.45. The number of halogens is 1. The number of nitrogens with two attached hydrogens (primary N) is 1. The molecule has 0 saturated carbocycles. The van der Waals surface area contributed by atoms with E-state index in [2.05, 4.69) is 10.6 Å². The molecule has 3 amide bonds. The number of para-hydroxylation sites is 2. The van der Waals surface area contributed by atoms with E-state index in [4.69, 9.17) is 5.73 Å². The average Bonchev–Trinajstić information content (AvgIpc) is 2.94. The van der Waals surface area contributed by atoms with Gasteiger partial charge in [-0.15, -0.1) is 12.4 Å². The van der Waals surface area contributed by atoms with E-state index in [1.54, 1.807) is 36.1 Å². The van der Waals surface area contributed by atoms with Crippen LogP contribution >= 0.6 is 12.4 Å². The number of carbonyl (C=O) groups is 2. The molecule has 1 fully saturated rings. The molecule has 6 nitrogen and oxygen atoms in total. The van der Waals surface area contributed by atoms with Crippen molar-refractivity contribution in [1.29, 1.82) is 0 Å². The third-order valence-electron chi connectivity index (χ3n) is 3.23. The van der Waals surface area contributed by atoms with Crippen molar-refractivity contribution in [1.82, 2.24) is 4.90 Å². The molecule has 1 heterocycles. The first-order chi connectivity index (χ1) is 9.58. The Balaban J connectivity index is 0.00000220. The Bertz CT molecular complexity index is 502. The summed E-state index contributed by atoms with van der Waals surface area (Å²) >= 11 is 0. The van der Waals surface area contributed by atoms with E-state index < -0.39 is 6.04 Å². The number of nitrogens with zero attached hydrogens (tertiary/aromatic N) is 1. The van der Waals surface area contributed by atoms with Crippen molar-refractivity contribution >= 4 is 35.7 Å². The molecule has 0 bridgehead atoms. The van der Waals surface area contributed by atoms with Gasteiger partial charge in [-0.1, -0.05) is 12.1 Å². The summed E-state index contributed by atoms with van der Waals surface area (Å²) in [6.45, 7) is 3.17. The van der Waals surface area contributed by atoms with Crippen molar-refractivity contribution in [3.63, 3.8) is 0 Å². The lowest BCUT2D eigenvalue weighted by molar-refractivity contribution is -0.117. The number of nitrogens with one attached hydrogen (secondary N) is 2. The third kappa shape index (κ3) is 4.61. The van der Waals surface area contributed by atoms with Gasteiger partial charge in [0.05, 0.1) is 17.4 Å². The van der Waals surface area contributed by atoms with Crippen LogP contribution in [0.5, 0.6) is 0 Å². The molecular weight excluding hydrogens is 292 g/mol. The molecule has 0 aromatic heterocycles. The fourth-order valence-corrected chi connectivity index (χ4v) is 2.06. The molecule has 0 spiro atoms. The van der Waals surface area contributed by atoms with Crippen LogP contribution in [-0.2, 0) is 4.79 Å². The third-order valence-corrected chi connectivity index (χ3v) is 3.23. The minimum absolute atomic E-state index is 0. The van der Waals surface area contributed by atoms with Crippen molar-refractivity contribution in [2.24, 2.45) is 5.73 Å². The van der Waals surface area contributed by atoms with Gasteiger partial charge in [-0.25, -0.2) is 4.79 Å². The van der Waals surface area contributed by atoms with Gasteiger partial charge in [0.25, 0.3) is 0 Å². The number of amides is 3. The number of anilines is 2. The SMILES string of the molecule is C[C@H](N)C(=O)Nc1ccccc1NC(=O)N1CCCC1.Cl. The van der Waals surface area contributed by atoms with Gasteiger partial charge >= 0.3 is 6.03 Å². The second kappa shape index (κ2) is 7.85. The predicted molar refractivity (Wildman–Crippen MR) is 85.8 cm³/mol. The zero-order valence-electron chi connectivity index (χ0n) is 12.0. The minimum Gasteiger partial charge on any atom is -0.325 e. The average molecular weight is 313 g/mol. The maximum atomic E-state index is 12.1. The number of likely N-dealkylation sites (tertiary alicyclic amines) is 1. The van der Waals surface area contributed by atoms with Crippen LogP contribution in [0.3, 0.4) is 0 Å². The van der Waals surface area contributed by atoms with Crippen molar-refractivity contribution in [2.75, 3.05) is 23.7 Å². The van der Waals surface area contributed by atoms with Crippen LogP contribution in [0.25, 0.3) is 0 Å². The maximum Gasteiger partial charge on any atom is 0.321 e. The zero-order chi connectivity index (χ0) is 14.5. The molecule has 1 atom stereocenters. The summed E-state index contributed by atoms with van der Waals surface area (Å²) in [6.07, 6.45) is 2.08. The lowest BCUT2D eigenvalue weighted by atomic mass is 10.2. The van der Waals surface area contributed by atoms with Crippen LogP contribution in [0, 0.1) is 0 Å². The van der Waals surface area contributed by atoms with E-state index in [1.807, 2.05) is 0 Å². The van der Waals surface area contributed by atoms with E-state index in [0.717, 1.165) is 25.9 Å². The maximum absolute atomic E-state index is 12.1. The Hall–Kier alpha value is -1.79. The van der Waals surface area contributed by atoms with Gasteiger partial charge in [0.15, 0.2) is 0 Å². The predicted octanol–water partition coefficient (Wildman–Crippen LogP) is 2.02. The van der Waals surface area contributed by atoms with Crippen molar-refractivity contribution in [3.05, 3.63) is 24.3 Å².